The first kappa shape index (κ1) is 28.3. The Morgan fingerprint density at radius 3 is 2.24 bits per heavy atom. The zero-order valence-electron chi connectivity index (χ0n) is 21.3. The molecule has 1 N–H and O–H groups in total. The van der Waals surface area contributed by atoms with Crippen molar-refractivity contribution in [2.24, 2.45) is 0 Å². The van der Waals surface area contributed by atoms with Crippen LogP contribution in [0.15, 0.2) is 52.3 Å². The number of likely N-dealkylation sites (N-methyl/N-ethyl adjacent to an activating group) is 1. The minimum Gasteiger partial charge on any atom is -0.368 e. The van der Waals surface area contributed by atoms with Crippen molar-refractivity contribution in [1.82, 2.24) is 13.9 Å². The monoisotopic (exact) mass is 572 g/mol. The van der Waals surface area contributed by atoms with Gasteiger partial charge in [-0.05, 0) is 68.8 Å². The summed E-state index contributed by atoms with van der Waals surface area (Å²) < 4.78 is 69.6. The molecule has 1 saturated carbocycles. The number of hydrogen-bond donors (Lipinski definition) is 1. The van der Waals surface area contributed by atoms with E-state index in [0.29, 0.717) is 30.2 Å². The molecule has 37 heavy (non-hydrogen) atoms. The van der Waals surface area contributed by atoms with Crippen LogP contribution in [0.4, 0.5) is 10.1 Å². The fourth-order valence-electron chi connectivity index (χ4n) is 5.31. The van der Waals surface area contributed by atoms with E-state index in [1.807, 2.05) is 11.9 Å². The summed E-state index contributed by atoms with van der Waals surface area (Å²) in [4.78, 5) is 4.32. The van der Waals surface area contributed by atoms with Crippen molar-refractivity contribution in [3.8, 4) is 0 Å². The highest BCUT2D eigenvalue weighted by Gasteiger charge is 2.37. The van der Waals surface area contributed by atoms with Gasteiger partial charge >= 0.3 is 0 Å². The molecule has 0 unspecified atom stereocenters. The lowest BCUT2D eigenvalue weighted by Crippen LogP contribution is -2.55. The highest BCUT2D eigenvalue weighted by Crippen LogP contribution is 2.31. The molecule has 2 aliphatic rings. The first-order valence-electron chi connectivity index (χ1n) is 12.4. The predicted molar refractivity (Wildman–Crippen MR) is 143 cm³/mol. The topological polar surface area (TPSA) is 90.0 Å². The minimum atomic E-state index is -3.85. The largest absolute Gasteiger partial charge is 0.368 e. The number of hydrogen-bond acceptors (Lipinski definition) is 6. The molecule has 4 rings (SSSR count). The van der Waals surface area contributed by atoms with E-state index in [1.165, 1.54) is 44.4 Å². The fourth-order valence-corrected chi connectivity index (χ4v) is 7.67. The third kappa shape index (κ3) is 6.12. The summed E-state index contributed by atoms with van der Waals surface area (Å²) in [6, 6.07) is 9.87. The van der Waals surface area contributed by atoms with Crippen LogP contribution in [0.5, 0.6) is 0 Å². The van der Waals surface area contributed by atoms with E-state index in [4.69, 9.17) is 11.6 Å². The number of nitrogens with zero attached hydrogens (tertiary/aromatic N) is 3. The lowest BCUT2D eigenvalue weighted by molar-refractivity contribution is 0.123. The maximum absolute atomic E-state index is 14.5. The average molecular weight is 573 g/mol. The van der Waals surface area contributed by atoms with Crippen LogP contribution in [-0.2, 0) is 20.0 Å². The van der Waals surface area contributed by atoms with Gasteiger partial charge in [-0.15, -0.1) is 0 Å². The van der Waals surface area contributed by atoms with Gasteiger partial charge < -0.3 is 4.90 Å². The number of rotatable bonds is 8. The normalized spacial score (nSPS) is 23.2. The van der Waals surface area contributed by atoms with Crippen LogP contribution in [0.1, 0.15) is 32.1 Å². The maximum Gasteiger partial charge on any atom is 0.242 e. The highest BCUT2D eigenvalue weighted by molar-refractivity contribution is 7.89. The summed E-state index contributed by atoms with van der Waals surface area (Å²) in [6.45, 7) is 1.35. The van der Waals surface area contributed by atoms with Crippen molar-refractivity contribution in [3.63, 3.8) is 0 Å². The van der Waals surface area contributed by atoms with Gasteiger partial charge in [-0.1, -0.05) is 24.4 Å². The number of anilines is 1. The first-order valence-corrected chi connectivity index (χ1v) is 15.7. The quantitative estimate of drug-likeness (QED) is 0.520. The molecular weight excluding hydrogens is 539 g/mol. The molecule has 12 heteroatoms. The summed E-state index contributed by atoms with van der Waals surface area (Å²) in [5.74, 6) is -0.344. The van der Waals surface area contributed by atoms with Crippen molar-refractivity contribution < 1.29 is 21.2 Å². The smallest absolute Gasteiger partial charge is 0.242 e. The van der Waals surface area contributed by atoms with Crippen LogP contribution in [0.3, 0.4) is 0 Å². The molecule has 2 aromatic carbocycles. The van der Waals surface area contributed by atoms with Crippen LogP contribution in [0.2, 0.25) is 5.02 Å². The summed E-state index contributed by atoms with van der Waals surface area (Å²) >= 11 is 5.91. The van der Waals surface area contributed by atoms with Gasteiger partial charge in [0.25, 0.3) is 0 Å². The van der Waals surface area contributed by atoms with Crippen molar-refractivity contribution in [2.45, 2.75) is 60.0 Å². The molecule has 3 atom stereocenters. The average Bonchev–Trinajstić information content (AvgIpc) is 3.33. The van der Waals surface area contributed by atoms with Crippen molar-refractivity contribution >= 4 is 37.3 Å². The zero-order valence-corrected chi connectivity index (χ0v) is 23.7. The molecule has 1 aliphatic heterocycles. The third-order valence-corrected chi connectivity index (χ3v) is 11.0. The van der Waals surface area contributed by atoms with E-state index in [0.717, 1.165) is 30.0 Å². The SMILES string of the molecule is CN([C@@H]1CCN(c2ccc(Cl)cc2F)C1)[C@H]1CCCC[C@@H]1NS(=O)(=O)c1ccc(S(=O)(=O)N(C)C)cc1. The lowest BCUT2D eigenvalue weighted by atomic mass is 9.89. The van der Waals surface area contributed by atoms with Crippen molar-refractivity contribution in [2.75, 3.05) is 39.1 Å². The molecule has 1 saturated heterocycles. The summed E-state index contributed by atoms with van der Waals surface area (Å²) in [7, 11) is -2.63. The maximum atomic E-state index is 14.5. The molecule has 8 nitrogen and oxygen atoms in total. The molecular formula is C25H34ClFN4O4S2. The van der Waals surface area contributed by atoms with Gasteiger partial charge in [0.15, 0.2) is 0 Å². The molecule has 0 spiro atoms. The molecule has 1 aliphatic carbocycles. The summed E-state index contributed by atoms with van der Waals surface area (Å²) in [5, 5.41) is 0.361. The number of nitrogens with one attached hydrogen (secondary N) is 1. The molecule has 0 aromatic heterocycles. The Balaban J connectivity index is 1.46. The van der Waals surface area contributed by atoms with E-state index < -0.39 is 20.0 Å². The van der Waals surface area contributed by atoms with Crippen LogP contribution < -0.4 is 9.62 Å². The molecule has 204 valence electrons. The standard InChI is InChI=1S/C25H34ClFN4O4S2/c1-29(2)37(34,35)21-11-9-20(10-12-21)36(32,33)28-23-6-4-5-7-25(23)30(3)19-14-15-31(17-19)24-13-8-18(26)16-22(24)27/h8-13,16,19,23,25,28H,4-7,14-15,17H2,1-3H3/t19-,23+,25+/m1/s1. The summed E-state index contributed by atoms with van der Waals surface area (Å²) in [5.41, 5.74) is 0.529. The Morgan fingerprint density at radius 1 is 0.946 bits per heavy atom. The highest BCUT2D eigenvalue weighted by atomic mass is 35.5. The molecule has 0 radical (unpaired) electrons. The molecule has 0 bridgehead atoms. The second-order valence-corrected chi connectivity index (χ2v) is 14.3. The molecule has 2 fully saturated rings. The van der Waals surface area contributed by atoms with Crippen LogP contribution in [0, 0.1) is 5.82 Å². The minimum absolute atomic E-state index is 0.00284. The zero-order chi connectivity index (χ0) is 27.0. The number of benzene rings is 2. The van der Waals surface area contributed by atoms with E-state index >= 15 is 0 Å². The van der Waals surface area contributed by atoms with Crippen molar-refractivity contribution in [1.29, 1.82) is 0 Å². The van der Waals surface area contributed by atoms with Gasteiger partial charge in [0, 0.05) is 50.3 Å². The second-order valence-electron chi connectivity index (χ2n) is 9.99. The predicted octanol–water partition coefficient (Wildman–Crippen LogP) is 3.53. The van der Waals surface area contributed by atoms with E-state index in [9.17, 15) is 21.2 Å². The molecule has 2 aromatic rings. The van der Waals surface area contributed by atoms with Crippen LogP contribution >= 0.6 is 11.6 Å². The van der Waals surface area contributed by atoms with Gasteiger partial charge in [0.2, 0.25) is 20.0 Å². The van der Waals surface area contributed by atoms with E-state index in [1.54, 1.807) is 12.1 Å². The van der Waals surface area contributed by atoms with E-state index in [2.05, 4.69) is 9.62 Å². The van der Waals surface area contributed by atoms with Gasteiger partial charge in [-0.25, -0.2) is 30.3 Å². The Bertz CT molecular complexity index is 1320. The lowest BCUT2D eigenvalue weighted by Gasteiger charge is -2.41. The van der Waals surface area contributed by atoms with E-state index in [-0.39, 0.29) is 33.7 Å². The van der Waals surface area contributed by atoms with Gasteiger partial charge in [0.1, 0.15) is 5.82 Å². The van der Waals surface area contributed by atoms with Gasteiger partial charge in [0.05, 0.1) is 15.5 Å². The fraction of sp³-hybridized carbons (Fsp3) is 0.520. The number of halogens is 2. The second kappa shape index (κ2) is 11.2. The Labute approximate surface area is 224 Å². The van der Waals surface area contributed by atoms with Gasteiger partial charge in [-0.2, -0.15) is 0 Å². The van der Waals surface area contributed by atoms with Crippen LogP contribution in [0.25, 0.3) is 0 Å². The molecule has 0 amide bonds. The number of sulfonamides is 2. The third-order valence-electron chi connectivity index (χ3n) is 7.46. The Kier molecular flexibility index (Phi) is 8.52. The first-order chi connectivity index (χ1) is 17.4. The van der Waals surface area contributed by atoms with Gasteiger partial charge in [-0.3, -0.25) is 4.90 Å². The Morgan fingerprint density at radius 2 is 1.59 bits per heavy atom. The molecule has 1 heterocycles. The van der Waals surface area contributed by atoms with Crippen LogP contribution in [-0.4, -0.2) is 78.4 Å². The van der Waals surface area contributed by atoms with Crippen molar-refractivity contribution in [3.05, 3.63) is 53.3 Å². The summed E-state index contributed by atoms with van der Waals surface area (Å²) in [6.07, 6.45) is 4.34. The Hall–Kier alpha value is -1.76.